The predicted octanol–water partition coefficient (Wildman–Crippen LogP) is 4.06. The van der Waals surface area contributed by atoms with E-state index in [1.807, 2.05) is 24.3 Å². The molecule has 0 bridgehead atoms. The van der Waals surface area contributed by atoms with E-state index in [1.54, 1.807) is 25.5 Å². The number of amides is 1. The number of halogens is 1. The first-order valence-corrected chi connectivity index (χ1v) is 10.7. The van der Waals surface area contributed by atoms with Gasteiger partial charge in [-0.15, -0.1) is 11.3 Å². The molecule has 3 aromatic rings. The van der Waals surface area contributed by atoms with Gasteiger partial charge in [-0.05, 0) is 32.1 Å². The topological polar surface area (TPSA) is 72.7 Å². The van der Waals surface area contributed by atoms with Gasteiger partial charge in [0.05, 0.1) is 11.6 Å². The van der Waals surface area contributed by atoms with Gasteiger partial charge in [0.25, 0.3) is 5.91 Å². The lowest BCUT2D eigenvalue weighted by atomic mass is 10.2. The van der Waals surface area contributed by atoms with Crippen LogP contribution in [0, 0.1) is 6.92 Å². The van der Waals surface area contributed by atoms with Gasteiger partial charge in [-0.1, -0.05) is 41.1 Å². The molecule has 1 aromatic carbocycles. The van der Waals surface area contributed by atoms with Crippen molar-refractivity contribution < 1.29 is 14.3 Å². The molecule has 0 aliphatic rings. The molecule has 0 atom stereocenters. The van der Waals surface area contributed by atoms with Crippen molar-refractivity contribution in [3.63, 3.8) is 0 Å². The lowest BCUT2D eigenvalue weighted by Gasteiger charge is -2.01. The van der Waals surface area contributed by atoms with E-state index in [1.165, 1.54) is 11.3 Å². The van der Waals surface area contributed by atoms with Crippen molar-refractivity contribution in [2.24, 2.45) is 12.0 Å². The number of nitrogens with one attached hydrogen (secondary N) is 1. The van der Waals surface area contributed by atoms with Crippen molar-refractivity contribution in [2.75, 3.05) is 6.61 Å². The Kier molecular flexibility index (Phi) is 6.29. The van der Waals surface area contributed by atoms with Crippen LogP contribution in [-0.2, 0) is 11.8 Å². The largest absolute Gasteiger partial charge is 0.462 e. The standard InChI is InChI=1S/C18H16ClN3O3S3/c1-4-25-16(24)13-9(2)22(3)18(28-13)21-17(26)20-15(23)14-12(19)10-7-5-6-8-11(10)27-14/h5-8H,4H2,1-3H3,(H,20,23,26)/b21-18-. The summed E-state index contributed by atoms with van der Waals surface area (Å²) in [5, 5.41) is 3.79. The second-order valence-electron chi connectivity index (χ2n) is 5.69. The summed E-state index contributed by atoms with van der Waals surface area (Å²) in [5.74, 6) is -0.824. The first kappa shape index (κ1) is 20.7. The number of thiocarbonyl (C=S) groups is 1. The molecule has 10 heteroatoms. The highest BCUT2D eigenvalue weighted by Gasteiger charge is 2.19. The molecule has 0 saturated carbocycles. The number of hydrogen-bond acceptors (Lipinski definition) is 6. The van der Waals surface area contributed by atoms with E-state index in [0.717, 1.165) is 21.4 Å². The molecular weight excluding hydrogens is 438 g/mol. The quantitative estimate of drug-likeness (QED) is 0.479. The number of rotatable bonds is 3. The molecule has 2 aromatic heterocycles. The fourth-order valence-corrected chi connectivity index (χ4v) is 5.11. The maximum absolute atomic E-state index is 12.6. The number of esters is 1. The minimum absolute atomic E-state index is 0.00854. The summed E-state index contributed by atoms with van der Waals surface area (Å²) < 4.78 is 7.69. The number of fused-ring (bicyclic) bond motifs is 1. The molecule has 146 valence electrons. The van der Waals surface area contributed by atoms with Crippen molar-refractivity contribution in [3.8, 4) is 0 Å². The van der Waals surface area contributed by atoms with Crippen LogP contribution in [0.15, 0.2) is 29.3 Å². The number of hydrogen-bond donors (Lipinski definition) is 1. The predicted molar refractivity (Wildman–Crippen MR) is 116 cm³/mol. The van der Waals surface area contributed by atoms with Gasteiger partial charge >= 0.3 is 5.97 Å². The highest BCUT2D eigenvalue weighted by molar-refractivity contribution is 7.80. The van der Waals surface area contributed by atoms with Crippen molar-refractivity contribution in [3.05, 3.63) is 49.5 Å². The van der Waals surface area contributed by atoms with E-state index in [-0.39, 0.29) is 11.7 Å². The monoisotopic (exact) mass is 453 g/mol. The minimum atomic E-state index is -0.415. The summed E-state index contributed by atoms with van der Waals surface area (Å²) in [6.45, 7) is 3.83. The van der Waals surface area contributed by atoms with Gasteiger partial charge in [0.15, 0.2) is 4.80 Å². The van der Waals surface area contributed by atoms with Crippen LogP contribution in [-0.4, -0.2) is 28.2 Å². The molecule has 0 saturated heterocycles. The maximum atomic E-state index is 12.6. The number of benzene rings is 1. The Balaban J connectivity index is 1.85. The van der Waals surface area contributed by atoms with E-state index in [0.29, 0.717) is 25.3 Å². The zero-order valence-corrected chi connectivity index (χ0v) is 18.4. The lowest BCUT2D eigenvalue weighted by Crippen LogP contribution is -2.29. The van der Waals surface area contributed by atoms with Gasteiger partial charge in [0.1, 0.15) is 9.75 Å². The van der Waals surface area contributed by atoms with Crippen LogP contribution >= 0.6 is 46.5 Å². The first-order valence-electron chi connectivity index (χ1n) is 8.24. The van der Waals surface area contributed by atoms with Gasteiger partial charge < -0.3 is 9.30 Å². The third-order valence-corrected chi connectivity index (χ3v) is 7.01. The minimum Gasteiger partial charge on any atom is -0.462 e. The molecule has 3 rings (SSSR count). The van der Waals surface area contributed by atoms with Crippen LogP contribution < -0.4 is 10.1 Å². The second-order valence-corrected chi connectivity index (χ2v) is 8.49. The number of ether oxygens (including phenoxy) is 1. The summed E-state index contributed by atoms with van der Waals surface area (Å²) in [6.07, 6.45) is 0. The second kappa shape index (κ2) is 8.52. The molecule has 1 N–H and O–H groups in total. The maximum Gasteiger partial charge on any atom is 0.350 e. The summed E-state index contributed by atoms with van der Waals surface area (Å²) in [5.41, 5.74) is 0.712. The molecule has 0 aliphatic heterocycles. The Hall–Kier alpha value is -2.07. The first-order chi connectivity index (χ1) is 13.3. The van der Waals surface area contributed by atoms with Gasteiger partial charge in [-0.25, -0.2) is 4.79 Å². The van der Waals surface area contributed by atoms with Crippen molar-refractivity contribution in [2.45, 2.75) is 13.8 Å². The van der Waals surface area contributed by atoms with E-state index >= 15 is 0 Å². The molecule has 1 amide bonds. The summed E-state index contributed by atoms with van der Waals surface area (Å²) in [6, 6.07) is 7.51. The summed E-state index contributed by atoms with van der Waals surface area (Å²) in [7, 11) is 1.76. The number of nitrogens with zero attached hydrogens (tertiary/aromatic N) is 2. The highest BCUT2D eigenvalue weighted by atomic mass is 35.5. The van der Waals surface area contributed by atoms with E-state index in [2.05, 4.69) is 10.3 Å². The van der Waals surface area contributed by atoms with Crippen molar-refractivity contribution >= 4 is 73.6 Å². The Morgan fingerprint density at radius 3 is 2.68 bits per heavy atom. The number of carbonyl (C=O) groups excluding carboxylic acids is 2. The van der Waals surface area contributed by atoms with Crippen LogP contribution in [0.3, 0.4) is 0 Å². The van der Waals surface area contributed by atoms with Crippen LogP contribution in [0.2, 0.25) is 5.02 Å². The van der Waals surface area contributed by atoms with Crippen LogP contribution in [0.5, 0.6) is 0 Å². The van der Waals surface area contributed by atoms with Crippen molar-refractivity contribution in [1.29, 1.82) is 0 Å². The van der Waals surface area contributed by atoms with Crippen LogP contribution in [0.25, 0.3) is 10.1 Å². The molecule has 0 spiro atoms. The molecule has 2 heterocycles. The molecule has 0 fully saturated rings. The Bertz CT molecular complexity index is 1160. The van der Waals surface area contributed by atoms with Crippen LogP contribution in [0.4, 0.5) is 0 Å². The van der Waals surface area contributed by atoms with E-state index < -0.39 is 11.9 Å². The molecule has 0 radical (unpaired) electrons. The number of carbonyl (C=O) groups is 2. The van der Waals surface area contributed by atoms with Gasteiger partial charge in [0, 0.05) is 22.8 Å². The Morgan fingerprint density at radius 2 is 2.00 bits per heavy atom. The smallest absolute Gasteiger partial charge is 0.350 e. The van der Waals surface area contributed by atoms with E-state index in [4.69, 9.17) is 28.6 Å². The van der Waals surface area contributed by atoms with Gasteiger partial charge in [0.2, 0.25) is 5.11 Å². The van der Waals surface area contributed by atoms with Crippen molar-refractivity contribution in [1.82, 2.24) is 9.88 Å². The highest BCUT2D eigenvalue weighted by Crippen LogP contribution is 2.34. The average Bonchev–Trinajstić information content (AvgIpc) is 3.14. The third kappa shape index (κ3) is 4.02. The summed E-state index contributed by atoms with van der Waals surface area (Å²) >= 11 is 14.0. The molecule has 0 unspecified atom stereocenters. The summed E-state index contributed by atoms with van der Waals surface area (Å²) in [4.78, 5) is 30.2. The average molecular weight is 454 g/mol. The molecule has 28 heavy (non-hydrogen) atoms. The van der Waals surface area contributed by atoms with Gasteiger partial charge in [-0.3, -0.25) is 10.1 Å². The van der Waals surface area contributed by atoms with Crippen LogP contribution in [0.1, 0.15) is 32.0 Å². The zero-order chi connectivity index (χ0) is 20.4. The lowest BCUT2D eigenvalue weighted by molar-refractivity contribution is 0.0530. The Labute approximate surface area is 179 Å². The SMILES string of the molecule is CCOC(=O)c1s/c(=N\C(=S)NC(=O)c2sc3ccccc3c2Cl)n(C)c1C. The number of aromatic nitrogens is 1. The third-order valence-electron chi connectivity index (χ3n) is 3.93. The molecular formula is C18H16ClN3O3S3. The molecule has 6 nitrogen and oxygen atoms in total. The van der Waals surface area contributed by atoms with Gasteiger partial charge in [-0.2, -0.15) is 4.99 Å². The van der Waals surface area contributed by atoms with E-state index in [9.17, 15) is 9.59 Å². The zero-order valence-electron chi connectivity index (χ0n) is 15.2. The Morgan fingerprint density at radius 1 is 1.29 bits per heavy atom. The fraction of sp³-hybridized carbons (Fsp3) is 0.222. The number of thiazole rings is 1. The normalized spacial score (nSPS) is 11.6. The number of thiophene rings is 1. The molecule has 0 aliphatic carbocycles. The fourth-order valence-electron chi connectivity index (χ4n) is 2.44.